The molecule has 0 aromatic heterocycles. The molecule has 0 heterocycles. The third-order valence-corrected chi connectivity index (χ3v) is 4.12. The van der Waals surface area contributed by atoms with E-state index in [1.807, 2.05) is 0 Å². The minimum Gasteiger partial charge on any atom is -0.453 e. The summed E-state index contributed by atoms with van der Waals surface area (Å²) in [6.45, 7) is 0.739. The summed E-state index contributed by atoms with van der Waals surface area (Å²) in [6, 6.07) is 0. The molecule has 0 aliphatic carbocycles. The van der Waals surface area contributed by atoms with Gasteiger partial charge in [0.1, 0.15) is 0 Å². The Kier molecular flexibility index (Phi) is 12.3. The minimum atomic E-state index is -5.73. The number of rotatable bonds is 13. The van der Waals surface area contributed by atoms with Gasteiger partial charge in [-0.25, -0.2) is 0 Å². The first kappa shape index (κ1) is 29.3. The Labute approximate surface area is 173 Å². The first-order chi connectivity index (χ1) is 14.0. The lowest BCUT2D eigenvalue weighted by Crippen LogP contribution is -2.45. The standard InChI is InChI=1S/C18H25F9O4/c1-12(16(19,20)21)30-13(28)10-8-6-4-2-3-5-7-9-11-14(29)31-15(17(22,23)24)18(25,26)27/h12,15H,2-11H2,1H3. The molecule has 0 rings (SSSR count). The van der Waals surface area contributed by atoms with Crippen molar-refractivity contribution < 1.29 is 58.6 Å². The van der Waals surface area contributed by atoms with Crippen LogP contribution < -0.4 is 0 Å². The molecule has 4 nitrogen and oxygen atoms in total. The highest BCUT2D eigenvalue weighted by atomic mass is 19.4. The third-order valence-electron chi connectivity index (χ3n) is 4.12. The van der Waals surface area contributed by atoms with Crippen LogP contribution in [-0.2, 0) is 19.1 Å². The molecule has 0 aliphatic rings. The van der Waals surface area contributed by atoms with Crippen LogP contribution in [0.2, 0.25) is 0 Å². The number of hydrogen-bond acceptors (Lipinski definition) is 4. The van der Waals surface area contributed by atoms with Gasteiger partial charge in [-0.15, -0.1) is 0 Å². The molecular formula is C18H25F9O4. The van der Waals surface area contributed by atoms with Crippen molar-refractivity contribution in [3.8, 4) is 0 Å². The lowest BCUT2D eigenvalue weighted by Gasteiger charge is -2.22. The van der Waals surface area contributed by atoms with Gasteiger partial charge >= 0.3 is 30.5 Å². The maximum absolute atomic E-state index is 12.3. The Morgan fingerprint density at radius 2 is 0.903 bits per heavy atom. The van der Waals surface area contributed by atoms with Crippen molar-refractivity contribution >= 4 is 11.9 Å². The molecule has 0 saturated carbocycles. The van der Waals surface area contributed by atoms with Gasteiger partial charge in [-0.05, 0) is 19.8 Å². The number of hydrogen-bond donors (Lipinski definition) is 0. The average molecular weight is 476 g/mol. The monoisotopic (exact) mass is 476 g/mol. The second kappa shape index (κ2) is 13.0. The van der Waals surface area contributed by atoms with Crippen molar-refractivity contribution in [1.29, 1.82) is 0 Å². The van der Waals surface area contributed by atoms with Crippen LogP contribution in [0.5, 0.6) is 0 Å². The van der Waals surface area contributed by atoms with Crippen molar-refractivity contribution in [2.24, 2.45) is 0 Å². The zero-order valence-electron chi connectivity index (χ0n) is 16.8. The summed E-state index contributed by atoms with van der Waals surface area (Å²) in [5, 5.41) is 0. The molecule has 0 bridgehead atoms. The average Bonchev–Trinajstić information content (AvgIpc) is 2.58. The van der Waals surface area contributed by atoms with E-state index in [4.69, 9.17) is 0 Å². The van der Waals surface area contributed by atoms with Crippen molar-refractivity contribution in [3.63, 3.8) is 0 Å². The Morgan fingerprint density at radius 1 is 0.581 bits per heavy atom. The molecule has 1 unspecified atom stereocenters. The van der Waals surface area contributed by atoms with Crippen LogP contribution in [-0.4, -0.2) is 42.7 Å². The molecule has 0 saturated heterocycles. The van der Waals surface area contributed by atoms with Gasteiger partial charge in [0, 0.05) is 12.8 Å². The summed E-state index contributed by atoms with van der Waals surface area (Å²) >= 11 is 0. The molecule has 0 radical (unpaired) electrons. The van der Waals surface area contributed by atoms with Crippen LogP contribution in [0.3, 0.4) is 0 Å². The number of esters is 2. The summed E-state index contributed by atoms with van der Waals surface area (Å²) in [5.74, 6) is -2.51. The molecular weight excluding hydrogens is 451 g/mol. The Hall–Kier alpha value is -1.69. The maximum Gasteiger partial charge on any atom is 0.434 e. The van der Waals surface area contributed by atoms with Crippen LogP contribution in [0.15, 0.2) is 0 Å². The van der Waals surface area contributed by atoms with E-state index in [0.717, 1.165) is 6.92 Å². The van der Waals surface area contributed by atoms with Crippen molar-refractivity contribution in [1.82, 2.24) is 0 Å². The summed E-state index contributed by atoms with van der Waals surface area (Å²) < 4.78 is 118. The van der Waals surface area contributed by atoms with E-state index in [1.165, 1.54) is 0 Å². The van der Waals surface area contributed by atoms with E-state index in [2.05, 4.69) is 9.47 Å². The van der Waals surface area contributed by atoms with Gasteiger partial charge in [0.05, 0.1) is 0 Å². The zero-order valence-corrected chi connectivity index (χ0v) is 16.8. The molecule has 1 atom stereocenters. The predicted octanol–water partition coefficient (Wildman–Crippen LogP) is 6.42. The molecule has 0 N–H and O–H groups in total. The fourth-order valence-electron chi connectivity index (χ4n) is 2.43. The van der Waals surface area contributed by atoms with E-state index in [-0.39, 0.29) is 12.8 Å². The van der Waals surface area contributed by atoms with Crippen LogP contribution in [0.25, 0.3) is 0 Å². The smallest absolute Gasteiger partial charge is 0.434 e. The molecule has 13 heteroatoms. The SMILES string of the molecule is CC(OC(=O)CCCCCCCCCCC(=O)OC(C(F)(F)F)C(F)(F)F)C(F)(F)F. The summed E-state index contributed by atoms with van der Waals surface area (Å²) in [5.41, 5.74) is 0. The van der Waals surface area contributed by atoms with E-state index in [0.29, 0.717) is 44.9 Å². The number of halogens is 9. The highest BCUT2D eigenvalue weighted by molar-refractivity contribution is 5.69. The highest BCUT2D eigenvalue weighted by Crippen LogP contribution is 2.36. The molecule has 0 fully saturated rings. The highest BCUT2D eigenvalue weighted by Gasteiger charge is 2.59. The Bertz CT molecular complexity index is 528. The van der Waals surface area contributed by atoms with Crippen LogP contribution in [0.4, 0.5) is 39.5 Å². The molecule has 0 amide bonds. The largest absolute Gasteiger partial charge is 0.453 e. The van der Waals surface area contributed by atoms with Crippen molar-refractivity contribution in [3.05, 3.63) is 0 Å². The zero-order chi connectivity index (χ0) is 24.3. The second-order valence-electron chi connectivity index (χ2n) is 6.96. The van der Waals surface area contributed by atoms with E-state index in [1.54, 1.807) is 0 Å². The summed E-state index contributed by atoms with van der Waals surface area (Å²) in [6.07, 6.45) is -19.0. The number of carbonyl (C=O) groups is 2. The number of carbonyl (C=O) groups excluding carboxylic acids is 2. The van der Waals surface area contributed by atoms with E-state index < -0.39 is 49.1 Å². The maximum atomic E-state index is 12.3. The molecule has 184 valence electrons. The molecule has 0 spiro atoms. The first-order valence-electron chi connectivity index (χ1n) is 9.64. The fourth-order valence-corrected chi connectivity index (χ4v) is 2.43. The summed E-state index contributed by atoms with van der Waals surface area (Å²) in [7, 11) is 0. The quantitative estimate of drug-likeness (QED) is 0.175. The summed E-state index contributed by atoms with van der Waals surface area (Å²) in [4.78, 5) is 22.5. The Balaban J connectivity index is 3.78. The third kappa shape index (κ3) is 14.1. The predicted molar refractivity (Wildman–Crippen MR) is 89.8 cm³/mol. The van der Waals surface area contributed by atoms with Crippen LogP contribution in [0.1, 0.15) is 71.1 Å². The lowest BCUT2D eigenvalue weighted by atomic mass is 10.1. The van der Waals surface area contributed by atoms with Gasteiger partial charge < -0.3 is 9.47 Å². The molecule has 0 aromatic rings. The van der Waals surface area contributed by atoms with E-state index >= 15 is 0 Å². The van der Waals surface area contributed by atoms with Gasteiger partial charge in [-0.3, -0.25) is 9.59 Å². The van der Waals surface area contributed by atoms with Crippen LogP contribution >= 0.6 is 0 Å². The van der Waals surface area contributed by atoms with Gasteiger partial charge in [0.25, 0.3) is 6.10 Å². The van der Waals surface area contributed by atoms with Crippen LogP contribution in [0, 0.1) is 0 Å². The number of unbranched alkanes of at least 4 members (excludes halogenated alkanes) is 7. The van der Waals surface area contributed by atoms with Gasteiger partial charge in [-0.1, -0.05) is 38.5 Å². The number of ether oxygens (including phenoxy) is 2. The van der Waals surface area contributed by atoms with Crippen molar-refractivity contribution in [2.45, 2.75) is 102 Å². The van der Waals surface area contributed by atoms with Gasteiger partial charge in [0.2, 0.25) is 0 Å². The molecule has 0 aromatic carbocycles. The van der Waals surface area contributed by atoms with E-state index in [9.17, 15) is 49.1 Å². The molecule has 0 aliphatic heterocycles. The topological polar surface area (TPSA) is 52.6 Å². The number of alkyl halides is 9. The Morgan fingerprint density at radius 3 is 1.23 bits per heavy atom. The fraction of sp³-hybridized carbons (Fsp3) is 0.889. The van der Waals surface area contributed by atoms with Gasteiger partial charge in [0.15, 0.2) is 6.10 Å². The lowest BCUT2D eigenvalue weighted by molar-refractivity contribution is -0.313. The normalized spacial score (nSPS) is 13.9. The minimum absolute atomic E-state index is 0.0739. The second-order valence-corrected chi connectivity index (χ2v) is 6.96. The van der Waals surface area contributed by atoms with Crippen molar-refractivity contribution in [2.75, 3.05) is 0 Å². The molecule has 31 heavy (non-hydrogen) atoms. The first-order valence-corrected chi connectivity index (χ1v) is 9.64. The van der Waals surface area contributed by atoms with Gasteiger partial charge in [-0.2, -0.15) is 39.5 Å².